The van der Waals surface area contributed by atoms with Crippen LogP contribution in [0.15, 0.2) is 11.6 Å². The zero-order chi connectivity index (χ0) is 9.90. The topological polar surface area (TPSA) is 20.2 Å². The predicted octanol–water partition coefficient (Wildman–Crippen LogP) is 2.51. The first-order chi connectivity index (χ1) is 6.05. The van der Waals surface area contributed by atoms with E-state index in [0.717, 1.165) is 12.0 Å². The Morgan fingerprint density at radius 1 is 1.54 bits per heavy atom. The molecular weight excluding hydrogens is 160 g/mol. The van der Waals surface area contributed by atoms with Crippen LogP contribution in [0.5, 0.6) is 0 Å². The van der Waals surface area contributed by atoms with Crippen LogP contribution in [0.3, 0.4) is 0 Å². The first-order valence-electron chi connectivity index (χ1n) is 4.87. The van der Waals surface area contributed by atoms with Gasteiger partial charge in [0.05, 0.1) is 0 Å². The largest absolute Gasteiger partial charge is 0.376 e. The molecule has 0 fully saturated rings. The fourth-order valence-electron chi connectivity index (χ4n) is 1.84. The summed E-state index contributed by atoms with van der Waals surface area (Å²) in [4.78, 5) is 0. The number of rotatable bonds is 1. The van der Waals surface area contributed by atoms with Gasteiger partial charge < -0.3 is 5.11 Å². The molecule has 1 rings (SSSR count). The van der Waals surface area contributed by atoms with Crippen LogP contribution in [0.2, 0.25) is 0 Å². The van der Waals surface area contributed by atoms with Gasteiger partial charge in [-0.25, -0.2) is 0 Å². The fraction of sp³-hybridized carbons (Fsp3) is 0.667. The van der Waals surface area contributed by atoms with Crippen LogP contribution >= 0.6 is 0 Å². The summed E-state index contributed by atoms with van der Waals surface area (Å²) in [5, 5.41) is 9.66. The first kappa shape index (κ1) is 10.3. The zero-order valence-corrected chi connectivity index (χ0v) is 8.72. The number of aliphatic hydroxyl groups excluding tert-OH is 1. The van der Waals surface area contributed by atoms with Crippen molar-refractivity contribution in [2.24, 2.45) is 5.41 Å². The third kappa shape index (κ3) is 2.90. The Kier molecular flexibility index (Phi) is 3.17. The van der Waals surface area contributed by atoms with E-state index < -0.39 is 6.10 Å². The molecule has 1 nitrogen and oxygen atoms in total. The van der Waals surface area contributed by atoms with Crippen molar-refractivity contribution in [2.45, 2.75) is 46.1 Å². The van der Waals surface area contributed by atoms with Gasteiger partial charge in [-0.15, -0.1) is 5.92 Å². The predicted molar refractivity (Wildman–Crippen MR) is 55.2 cm³/mol. The van der Waals surface area contributed by atoms with Crippen LogP contribution in [0.4, 0.5) is 0 Å². The van der Waals surface area contributed by atoms with Crippen LogP contribution in [0, 0.1) is 17.3 Å². The normalized spacial score (nSPS) is 22.6. The van der Waals surface area contributed by atoms with Crippen LogP contribution < -0.4 is 0 Å². The third-order valence-electron chi connectivity index (χ3n) is 2.49. The molecule has 0 saturated heterocycles. The Morgan fingerprint density at radius 2 is 2.23 bits per heavy atom. The zero-order valence-electron chi connectivity index (χ0n) is 8.72. The van der Waals surface area contributed by atoms with E-state index in [2.05, 4.69) is 31.8 Å². The second-order valence-corrected chi connectivity index (χ2v) is 4.36. The molecule has 0 heterocycles. The van der Waals surface area contributed by atoms with E-state index in [1.807, 2.05) is 0 Å². The van der Waals surface area contributed by atoms with Crippen molar-refractivity contribution in [3.63, 3.8) is 0 Å². The molecule has 1 unspecified atom stereocenters. The van der Waals surface area contributed by atoms with E-state index in [9.17, 15) is 5.11 Å². The van der Waals surface area contributed by atoms with E-state index in [1.54, 1.807) is 6.92 Å². The van der Waals surface area contributed by atoms with Gasteiger partial charge in [-0.1, -0.05) is 25.8 Å². The minimum Gasteiger partial charge on any atom is -0.376 e. The lowest BCUT2D eigenvalue weighted by molar-refractivity contribution is 0.251. The third-order valence-corrected chi connectivity index (χ3v) is 2.49. The maximum atomic E-state index is 9.66. The number of aliphatic hydroxyl groups is 1. The van der Waals surface area contributed by atoms with Gasteiger partial charge in [-0.3, -0.25) is 0 Å². The molecule has 0 aliphatic heterocycles. The van der Waals surface area contributed by atoms with E-state index in [1.165, 1.54) is 12.8 Å². The smallest absolute Gasteiger partial charge is 0.136 e. The lowest BCUT2D eigenvalue weighted by atomic mass is 9.78. The van der Waals surface area contributed by atoms with Gasteiger partial charge in [-0.05, 0) is 37.2 Å². The second-order valence-electron chi connectivity index (χ2n) is 4.36. The lowest BCUT2D eigenvalue weighted by Gasteiger charge is -2.28. The van der Waals surface area contributed by atoms with Crippen LogP contribution in [0.25, 0.3) is 0 Å². The van der Waals surface area contributed by atoms with Crippen molar-refractivity contribution in [3.05, 3.63) is 11.6 Å². The highest BCUT2D eigenvalue weighted by molar-refractivity contribution is 5.24. The molecule has 0 radical (unpaired) electrons. The minimum absolute atomic E-state index is 0.240. The van der Waals surface area contributed by atoms with E-state index in [4.69, 9.17) is 0 Å². The average Bonchev–Trinajstić information content (AvgIpc) is 2.03. The molecule has 1 aliphatic carbocycles. The second kappa shape index (κ2) is 3.98. The van der Waals surface area contributed by atoms with Gasteiger partial charge in [-0.2, -0.15) is 0 Å². The molecule has 0 aromatic rings. The average molecular weight is 178 g/mol. The maximum Gasteiger partial charge on any atom is 0.136 e. The summed E-state index contributed by atoms with van der Waals surface area (Å²) in [5.41, 5.74) is 1.34. The Morgan fingerprint density at radius 3 is 2.77 bits per heavy atom. The van der Waals surface area contributed by atoms with Crippen molar-refractivity contribution in [1.29, 1.82) is 0 Å². The van der Waals surface area contributed by atoms with Crippen molar-refractivity contribution in [3.8, 4) is 11.8 Å². The summed E-state index contributed by atoms with van der Waals surface area (Å²) in [7, 11) is 0. The molecule has 0 aromatic carbocycles. The maximum absolute atomic E-state index is 9.66. The van der Waals surface area contributed by atoms with Gasteiger partial charge in [0, 0.05) is 0 Å². The molecular formula is C12H18O. The molecule has 1 aliphatic rings. The standard InChI is InChI=1S/C12H18O/c1-4-6-11(13)10-7-5-8-12(2,3)9-10/h9,11,13H,5,7-8H2,1-3H3. The highest BCUT2D eigenvalue weighted by Gasteiger charge is 2.22. The summed E-state index contributed by atoms with van der Waals surface area (Å²) in [6.07, 6.45) is 5.03. The summed E-state index contributed by atoms with van der Waals surface area (Å²) in [5.74, 6) is 5.54. The molecule has 0 saturated carbocycles. The highest BCUT2D eigenvalue weighted by Crippen LogP contribution is 2.33. The minimum atomic E-state index is -0.537. The van der Waals surface area contributed by atoms with Crippen LogP contribution in [-0.4, -0.2) is 11.2 Å². The van der Waals surface area contributed by atoms with E-state index in [0.29, 0.717) is 0 Å². The highest BCUT2D eigenvalue weighted by atomic mass is 16.3. The molecule has 13 heavy (non-hydrogen) atoms. The Hall–Kier alpha value is -0.740. The molecule has 72 valence electrons. The van der Waals surface area contributed by atoms with Crippen molar-refractivity contribution in [1.82, 2.24) is 0 Å². The Balaban J connectivity index is 2.78. The molecule has 0 bridgehead atoms. The molecule has 0 amide bonds. The monoisotopic (exact) mass is 178 g/mol. The molecule has 1 atom stereocenters. The first-order valence-corrected chi connectivity index (χ1v) is 4.87. The molecule has 0 aromatic heterocycles. The number of hydrogen-bond acceptors (Lipinski definition) is 1. The van der Waals surface area contributed by atoms with E-state index in [-0.39, 0.29) is 5.41 Å². The molecule has 1 heteroatoms. The Labute approximate surface area is 80.9 Å². The number of hydrogen-bond donors (Lipinski definition) is 1. The number of allylic oxidation sites excluding steroid dienone is 1. The van der Waals surface area contributed by atoms with Crippen molar-refractivity contribution < 1.29 is 5.11 Å². The van der Waals surface area contributed by atoms with Gasteiger partial charge >= 0.3 is 0 Å². The summed E-state index contributed by atoms with van der Waals surface area (Å²) in [6.45, 7) is 6.17. The van der Waals surface area contributed by atoms with Crippen molar-refractivity contribution >= 4 is 0 Å². The van der Waals surface area contributed by atoms with Gasteiger partial charge in [0.2, 0.25) is 0 Å². The Bertz CT molecular complexity index is 263. The van der Waals surface area contributed by atoms with E-state index >= 15 is 0 Å². The summed E-state index contributed by atoms with van der Waals surface area (Å²) < 4.78 is 0. The molecule has 0 spiro atoms. The van der Waals surface area contributed by atoms with Crippen LogP contribution in [-0.2, 0) is 0 Å². The van der Waals surface area contributed by atoms with Crippen LogP contribution in [0.1, 0.15) is 40.0 Å². The molecule has 1 N–H and O–H groups in total. The lowest BCUT2D eigenvalue weighted by Crippen LogP contribution is -2.19. The summed E-state index contributed by atoms with van der Waals surface area (Å²) >= 11 is 0. The van der Waals surface area contributed by atoms with Crippen molar-refractivity contribution in [2.75, 3.05) is 0 Å². The summed E-state index contributed by atoms with van der Waals surface area (Å²) in [6, 6.07) is 0. The SMILES string of the molecule is CC#CC(O)C1=CC(C)(C)CCC1. The fourth-order valence-corrected chi connectivity index (χ4v) is 1.84. The quantitative estimate of drug-likeness (QED) is 0.483. The van der Waals surface area contributed by atoms with Gasteiger partial charge in [0.25, 0.3) is 0 Å². The van der Waals surface area contributed by atoms with Gasteiger partial charge in [0.15, 0.2) is 0 Å². The van der Waals surface area contributed by atoms with Gasteiger partial charge in [0.1, 0.15) is 6.10 Å².